The van der Waals surface area contributed by atoms with Gasteiger partial charge in [-0.25, -0.2) is 0 Å². The van der Waals surface area contributed by atoms with Crippen LogP contribution in [0.5, 0.6) is 0 Å². The molecule has 1 heterocycles. The first-order valence-electron chi connectivity index (χ1n) is 4.66. The molecular formula is C9H19NO. The van der Waals surface area contributed by atoms with Crippen LogP contribution < -0.4 is 0 Å². The largest absolute Gasteiger partial charge is 0.393 e. The molecule has 1 rings (SSSR count). The maximum atomic E-state index is 9.25. The third kappa shape index (κ3) is 2.46. The fourth-order valence-electron chi connectivity index (χ4n) is 1.58. The Morgan fingerprint density at radius 2 is 2.00 bits per heavy atom. The lowest BCUT2D eigenvalue weighted by molar-refractivity contribution is 0.0639. The second kappa shape index (κ2) is 4.07. The molecule has 0 bridgehead atoms. The van der Waals surface area contributed by atoms with Crippen LogP contribution in [0, 0.1) is 0 Å². The lowest BCUT2D eigenvalue weighted by atomic mass is 10.1. The molecule has 0 amide bonds. The summed E-state index contributed by atoms with van der Waals surface area (Å²) in [5.41, 5.74) is 0. The molecule has 2 nitrogen and oxygen atoms in total. The highest BCUT2D eigenvalue weighted by molar-refractivity contribution is 4.74. The maximum Gasteiger partial charge on any atom is 0.0564 e. The van der Waals surface area contributed by atoms with E-state index < -0.39 is 0 Å². The molecule has 0 aliphatic carbocycles. The first-order valence-corrected chi connectivity index (χ1v) is 4.66. The van der Waals surface area contributed by atoms with Gasteiger partial charge in [0.2, 0.25) is 0 Å². The molecule has 0 aromatic heterocycles. The van der Waals surface area contributed by atoms with Gasteiger partial charge in [0, 0.05) is 19.1 Å². The van der Waals surface area contributed by atoms with Crippen LogP contribution in [0.15, 0.2) is 0 Å². The molecule has 1 N–H and O–H groups in total. The van der Waals surface area contributed by atoms with Crippen LogP contribution in [0.2, 0.25) is 0 Å². The number of likely N-dealkylation sites (tertiary alicyclic amines) is 1. The molecule has 1 saturated heterocycles. The lowest BCUT2D eigenvalue weighted by Crippen LogP contribution is -2.41. The molecule has 1 fully saturated rings. The average Bonchev–Trinajstić information content (AvgIpc) is 2.05. The van der Waals surface area contributed by atoms with Gasteiger partial charge in [0.1, 0.15) is 0 Å². The summed E-state index contributed by atoms with van der Waals surface area (Å²) in [6, 6.07) is 0.697. The Labute approximate surface area is 69.2 Å². The van der Waals surface area contributed by atoms with Gasteiger partial charge in [0.15, 0.2) is 0 Å². The molecule has 0 saturated carbocycles. The van der Waals surface area contributed by atoms with E-state index in [4.69, 9.17) is 0 Å². The van der Waals surface area contributed by atoms with Crippen LogP contribution in [0.4, 0.5) is 0 Å². The standard InChI is InChI=1S/C9H19NO/c1-3-8(2)10-6-4-9(11)5-7-10/h8-9,11H,3-7H2,1-2H3. The molecule has 1 atom stereocenters. The fourth-order valence-corrected chi connectivity index (χ4v) is 1.58. The van der Waals surface area contributed by atoms with Gasteiger partial charge in [0.05, 0.1) is 6.10 Å². The van der Waals surface area contributed by atoms with Crippen LogP contribution in [0.3, 0.4) is 0 Å². The van der Waals surface area contributed by atoms with E-state index in [0.717, 1.165) is 25.9 Å². The second-order valence-electron chi connectivity index (χ2n) is 3.52. The van der Waals surface area contributed by atoms with Crippen molar-refractivity contribution in [3.8, 4) is 0 Å². The van der Waals surface area contributed by atoms with Crippen LogP contribution in [-0.2, 0) is 0 Å². The van der Waals surface area contributed by atoms with Gasteiger partial charge < -0.3 is 10.0 Å². The minimum absolute atomic E-state index is 0.0321. The summed E-state index contributed by atoms with van der Waals surface area (Å²) in [5.74, 6) is 0. The van der Waals surface area contributed by atoms with E-state index in [9.17, 15) is 5.11 Å². The summed E-state index contributed by atoms with van der Waals surface area (Å²) < 4.78 is 0. The van der Waals surface area contributed by atoms with Crippen LogP contribution in [0.1, 0.15) is 33.1 Å². The molecule has 0 spiro atoms. The van der Waals surface area contributed by atoms with E-state index in [2.05, 4.69) is 18.7 Å². The van der Waals surface area contributed by atoms with Crippen molar-refractivity contribution in [2.45, 2.75) is 45.3 Å². The fraction of sp³-hybridized carbons (Fsp3) is 1.00. The van der Waals surface area contributed by atoms with E-state index in [1.807, 2.05) is 0 Å². The minimum Gasteiger partial charge on any atom is -0.393 e. The molecule has 0 aromatic rings. The Hall–Kier alpha value is -0.0800. The van der Waals surface area contributed by atoms with Gasteiger partial charge in [-0.05, 0) is 26.2 Å². The number of aliphatic hydroxyl groups is 1. The summed E-state index contributed by atoms with van der Waals surface area (Å²) in [5, 5.41) is 9.25. The molecule has 66 valence electrons. The van der Waals surface area contributed by atoms with Crippen molar-refractivity contribution < 1.29 is 5.11 Å². The molecule has 1 unspecified atom stereocenters. The molecule has 1 aliphatic rings. The molecule has 1 aliphatic heterocycles. The third-order valence-electron chi connectivity index (χ3n) is 2.71. The van der Waals surface area contributed by atoms with Crippen molar-refractivity contribution in [2.24, 2.45) is 0 Å². The molecular weight excluding hydrogens is 138 g/mol. The smallest absolute Gasteiger partial charge is 0.0564 e. The Morgan fingerprint density at radius 3 is 2.45 bits per heavy atom. The Bertz CT molecular complexity index is 108. The molecule has 0 aromatic carbocycles. The highest BCUT2D eigenvalue weighted by atomic mass is 16.3. The Balaban J connectivity index is 2.27. The van der Waals surface area contributed by atoms with Crippen molar-refractivity contribution in [1.82, 2.24) is 4.90 Å². The van der Waals surface area contributed by atoms with Crippen molar-refractivity contribution in [3.05, 3.63) is 0 Å². The zero-order valence-corrected chi connectivity index (χ0v) is 7.58. The van der Waals surface area contributed by atoms with Crippen LogP contribution in [0.25, 0.3) is 0 Å². The predicted octanol–water partition coefficient (Wildman–Crippen LogP) is 1.24. The van der Waals surface area contributed by atoms with Crippen molar-refractivity contribution >= 4 is 0 Å². The zero-order chi connectivity index (χ0) is 8.27. The predicted molar refractivity (Wildman–Crippen MR) is 46.6 cm³/mol. The quantitative estimate of drug-likeness (QED) is 0.652. The summed E-state index contributed by atoms with van der Waals surface area (Å²) in [7, 11) is 0. The minimum atomic E-state index is -0.0321. The van der Waals surface area contributed by atoms with Crippen LogP contribution in [-0.4, -0.2) is 35.2 Å². The zero-order valence-electron chi connectivity index (χ0n) is 7.58. The number of hydrogen-bond acceptors (Lipinski definition) is 2. The van der Waals surface area contributed by atoms with E-state index in [-0.39, 0.29) is 6.10 Å². The maximum absolute atomic E-state index is 9.25. The summed E-state index contributed by atoms with van der Waals surface area (Å²) in [6.45, 7) is 6.64. The number of piperidine rings is 1. The third-order valence-corrected chi connectivity index (χ3v) is 2.71. The SMILES string of the molecule is CCC(C)N1CCC(O)CC1. The van der Waals surface area contributed by atoms with Gasteiger partial charge in [-0.1, -0.05) is 6.92 Å². The monoisotopic (exact) mass is 157 g/mol. The topological polar surface area (TPSA) is 23.5 Å². The van der Waals surface area contributed by atoms with Gasteiger partial charge in [0.25, 0.3) is 0 Å². The van der Waals surface area contributed by atoms with Crippen molar-refractivity contribution in [3.63, 3.8) is 0 Å². The van der Waals surface area contributed by atoms with Crippen LogP contribution >= 0.6 is 0 Å². The van der Waals surface area contributed by atoms with Gasteiger partial charge in [-0.3, -0.25) is 0 Å². The Kier molecular flexibility index (Phi) is 3.34. The van der Waals surface area contributed by atoms with Gasteiger partial charge in [-0.15, -0.1) is 0 Å². The normalized spacial score (nSPS) is 25.4. The highest BCUT2D eigenvalue weighted by Gasteiger charge is 2.19. The van der Waals surface area contributed by atoms with E-state index in [0.29, 0.717) is 6.04 Å². The number of hydrogen-bond donors (Lipinski definition) is 1. The van der Waals surface area contributed by atoms with E-state index in [1.165, 1.54) is 6.42 Å². The van der Waals surface area contributed by atoms with Crippen molar-refractivity contribution in [1.29, 1.82) is 0 Å². The first-order chi connectivity index (χ1) is 5.24. The van der Waals surface area contributed by atoms with Gasteiger partial charge in [-0.2, -0.15) is 0 Å². The lowest BCUT2D eigenvalue weighted by Gasteiger charge is -2.33. The second-order valence-corrected chi connectivity index (χ2v) is 3.52. The summed E-state index contributed by atoms with van der Waals surface area (Å²) in [6.07, 6.45) is 3.11. The van der Waals surface area contributed by atoms with Crippen molar-refractivity contribution in [2.75, 3.05) is 13.1 Å². The first kappa shape index (κ1) is 9.01. The van der Waals surface area contributed by atoms with Gasteiger partial charge >= 0.3 is 0 Å². The summed E-state index contributed by atoms with van der Waals surface area (Å²) in [4.78, 5) is 2.46. The molecule has 11 heavy (non-hydrogen) atoms. The van der Waals surface area contributed by atoms with E-state index >= 15 is 0 Å². The molecule has 2 heteroatoms. The number of aliphatic hydroxyl groups excluding tert-OH is 1. The average molecular weight is 157 g/mol. The Morgan fingerprint density at radius 1 is 1.45 bits per heavy atom. The number of nitrogens with zero attached hydrogens (tertiary/aromatic N) is 1. The highest BCUT2D eigenvalue weighted by Crippen LogP contribution is 2.13. The molecule has 0 radical (unpaired) electrons. The van der Waals surface area contributed by atoms with E-state index in [1.54, 1.807) is 0 Å². The summed E-state index contributed by atoms with van der Waals surface area (Å²) >= 11 is 0. The number of rotatable bonds is 2.